The van der Waals surface area contributed by atoms with Crippen molar-refractivity contribution in [3.05, 3.63) is 12.7 Å². The van der Waals surface area contributed by atoms with Gasteiger partial charge in [-0.1, -0.05) is 6.58 Å². The van der Waals surface area contributed by atoms with E-state index in [0.717, 1.165) is 0 Å². The minimum absolute atomic E-state index is 1.48. The smallest absolute Gasteiger partial charge is 0.178 e. The third-order valence-electron chi connectivity index (χ3n) is 0.183. The molecule has 5 heavy (non-hydrogen) atoms. The van der Waals surface area contributed by atoms with E-state index in [2.05, 4.69) is 6.58 Å². The molecule has 0 aliphatic rings. The molecule has 0 aromatic carbocycles. The molecule has 0 fully saturated rings. The van der Waals surface area contributed by atoms with Crippen molar-refractivity contribution < 1.29 is 10.2 Å². The van der Waals surface area contributed by atoms with Gasteiger partial charge in [0.25, 0.3) is 0 Å². The highest BCUT2D eigenvalue weighted by Crippen LogP contribution is 1.65. The Morgan fingerprint density at radius 3 is 1.80 bits per heavy atom. The normalized spacial score (nSPS) is 8.60. The van der Waals surface area contributed by atoms with Crippen LogP contribution in [0.2, 0.25) is 0 Å². The lowest BCUT2D eigenvalue weighted by Crippen LogP contribution is -1.96. The molecule has 2 heteroatoms. The summed E-state index contributed by atoms with van der Waals surface area (Å²) < 4.78 is 0. The van der Waals surface area contributed by atoms with Crippen molar-refractivity contribution in [3.8, 4) is 0 Å². The van der Waals surface area contributed by atoms with Crippen molar-refractivity contribution >= 4 is 0 Å². The first-order chi connectivity index (χ1) is 2.27. The van der Waals surface area contributed by atoms with E-state index in [9.17, 15) is 0 Å². The first-order valence-corrected chi connectivity index (χ1v) is 1.16. The molecule has 0 aromatic heterocycles. The van der Waals surface area contributed by atoms with E-state index in [1.54, 1.807) is 0 Å². The zero-order chi connectivity index (χ0) is 4.28. The summed E-state index contributed by atoms with van der Waals surface area (Å²) in [6, 6.07) is 0. The monoisotopic (exact) mass is 73.0 g/mol. The van der Waals surface area contributed by atoms with Crippen molar-refractivity contribution in [1.82, 2.24) is 0 Å². The van der Waals surface area contributed by atoms with Crippen LogP contribution in [0.1, 0.15) is 0 Å². The number of aliphatic hydroxyl groups excluding tert-OH is 1. The van der Waals surface area contributed by atoms with Gasteiger partial charge in [0.2, 0.25) is 0 Å². The van der Waals surface area contributed by atoms with Crippen LogP contribution < -0.4 is 0 Å². The molecular weight excluding hydrogens is 68.0 g/mol. The van der Waals surface area contributed by atoms with Crippen LogP contribution >= 0.6 is 0 Å². The third kappa shape index (κ3) is 3.66. The maximum absolute atomic E-state index is 7.74. The largest absolute Gasteiger partial charge is 0.364 e. The Kier molecular flexibility index (Phi) is 1.80. The van der Waals surface area contributed by atoms with Crippen molar-refractivity contribution in [3.63, 3.8) is 0 Å². The van der Waals surface area contributed by atoms with Gasteiger partial charge in [-0.15, -0.1) is 0 Å². The molecular formula is C3H5O2. The second kappa shape index (κ2) is 1.93. The quantitative estimate of drug-likeness (QED) is 0.402. The standard InChI is InChI=1S/C3H5O2/c1-2-3(4)5/h3-5H,1H2. The van der Waals surface area contributed by atoms with Crippen molar-refractivity contribution in [2.45, 2.75) is 6.29 Å². The molecule has 29 valence electrons. The average molecular weight is 73.1 g/mol. The summed E-state index contributed by atoms with van der Waals surface area (Å²) >= 11 is 0. The summed E-state index contributed by atoms with van der Waals surface area (Å²) in [6.45, 7) is 2.94. The predicted octanol–water partition coefficient (Wildman–Crippen LogP) is -0.714. The molecule has 0 amide bonds. The summed E-state index contributed by atoms with van der Waals surface area (Å²) in [5, 5.41) is 15.5. The highest BCUT2D eigenvalue weighted by atomic mass is 16.5. The molecule has 0 heterocycles. The van der Waals surface area contributed by atoms with Crippen LogP contribution in [0.5, 0.6) is 0 Å². The molecule has 0 aliphatic heterocycles. The van der Waals surface area contributed by atoms with E-state index in [0.29, 0.717) is 0 Å². The van der Waals surface area contributed by atoms with Crippen LogP contribution in [0.15, 0.2) is 6.58 Å². The minimum atomic E-state index is -1.48. The molecule has 0 saturated heterocycles. The molecule has 0 bridgehead atoms. The van der Waals surface area contributed by atoms with Crippen molar-refractivity contribution in [2.24, 2.45) is 0 Å². The Morgan fingerprint density at radius 2 is 1.80 bits per heavy atom. The number of rotatable bonds is 1. The maximum Gasteiger partial charge on any atom is 0.178 e. The predicted molar refractivity (Wildman–Crippen MR) is 17.1 cm³/mol. The fourth-order valence-electron chi connectivity index (χ4n) is 0. The SMILES string of the molecule is C=[C]C(O)O. The molecule has 0 rings (SSSR count). The molecule has 2 nitrogen and oxygen atoms in total. The van der Waals surface area contributed by atoms with Crippen LogP contribution in [0.3, 0.4) is 0 Å². The number of hydrogen-bond acceptors (Lipinski definition) is 2. The lowest BCUT2D eigenvalue weighted by molar-refractivity contribution is -0.00371. The second-order valence-electron chi connectivity index (χ2n) is 0.578. The first-order valence-electron chi connectivity index (χ1n) is 1.16. The summed E-state index contributed by atoms with van der Waals surface area (Å²) in [4.78, 5) is 0. The van der Waals surface area contributed by atoms with Gasteiger partial charge in [-0.05, 0) is 0 Å². The highest BCUT2D eigenvalue weighted by Gasteiger charge is 1.78. The topological polar surface area (TPSA) is 40.5 Å². The van der Waals surface area contributed by atoms with Gasteiger partial charge in [0.05, 0.1) is 0 Å². The summed E-state index contributed by atoms with van der Waals surface area (Å²) in [6.07, 6.45) is 0.412. The van der Waals surface area contributed by atoms with Gasteiger partial charge in [-0.2, -0.15) is 0 Å². The van der Waals surface area contributed by atoms with Gasteiger partial charge in [0.15, 0.2) is 6.29 Å². The van der Waals surface area contributed by atoms with E-state index in [4.69, 9.17) is 10.2 Å². The molecule has 0 atom stereocenters. The molecule has 0 spiro atoms. The van der Waals surface area contributed by atoms with Gasteiger partial charge in [0, 0.05) is 6.08 Å². The van der Waals surface area contributed by atoms with Crippen LogP contribution in [-0.4, -0.2) is 16.5 Å². The Bertz CT molecular complexity index is 31.9. The molecule has 0 unspecified atom stereocenters. The first kappa shape index (κ1) is 4.66. The van der Waals surface area contributed by atoms with Gasteiger partial charge >= 0.3 is 0 Å². The number of hydrogen-bond donors (Lipinski definition) is 2. The number of aliphatic hydroxyl groups is 2. The average Bonchev–Trinajstić information content (AvgIpc) is 1.38. The van der Waals surface area contributed by atoms with E-state index < -0.39 is 6.29 Å². The molecule has 2 N–H and O–H groups in total. The Hall–Kier alpha value is -0.340. The Morgan fingerprint density at radius 1 is 1.60 bits per heavy atom. The highest BCUT2D eigenvalue weighted by molar-refractivity contribution is 4.53. The lowest BCUT2D eigenvalue weighted by atomic mass is 10.6. The fourth-order valence-corrected chi connectivity index (χ4v) is 0. The lowest BCUT2D eigenvalue weighted by Gasteiger charge is -1.83. The summed E-state index contributed by atoms with van der Waals surface area (Å²) in [5.74, 6) is 0. The molecule has 0 aliphatic carbocycles. The Balaban J connectivity index is 2.83. The minimum Gasteiger partial charge on any atom is -0.364 e. The van der Waals surface area contributed by atoms with Gasteiger partial charge in [-0.25, -0.2) is 0 Å². The van der Waals surface area contributed by atoms with Crippen LogP contribution in [0.25, 0.3) is 0 Å². The fraction of sp³-hybridized carbons (Fsp3) is 0.333. The third-order valence-corrected chi connectivity index (χ3v) is 0.183. The van der Waals surface area contributed by atoms with Crippen LogP contribution in [-0.2, 0) is 0 Å². The summed E-state index contributed by atoms with van der Waals surface area (Å²) in [7, 11) is 0. The Labute approximate surface area is 30.4 Å². The van der Waals surface area contributed by atoms with Crippen LogP contribution in [0.4, 0.5) is 0 Å². The van der Waals surface area contributed by atoms with E-state index >= 15 is 0 Å². The van der Waals surface area contributed by atoms with Crippen LogP contribution in [0, 0.1) is 6.08 Å². The maximum atomic E-state index is 7.74. The second-order valence-corrected chi connectivity index (χ2v) is 0.578. The summed E-state index contributed by atoms with van der Waals surface area (Å²) in [5.41, 5.74) is 0. The molecule has 0 aromatic rings. The van der Waals surface area contributed by atoms with Crippen molar-refractivity contribution in [2.75, 3.05) is 0 Å². The van der Waals surface area contributed by atoms with E-state index in [-0.39, 0.29) is 0 Å². The zero-order valence-electron chi connectivity index (χ0n) is 2.68. The molecule has 0 saturated carbocycles. The van der Waals surface area contributed by atoms with E-state index in [1.165, 1.54) is 0 Å². The molecule has 1 radical (unpaired) electrons. The van der Waals surface area contributed by atoms with Gasteiger partial charge in [-0.3, -0.25) is 0 Å². The van der Waals surface area contributed by atoms with Gasteiger partial charge < -0.3 is 10.2 Å². The van der Waals surface area contributed by atoms with Gasteiger partial charge in [0.1, 0.15) is 0 Å². The van der Waals surface area contributed by atoms with E-state index in [1.807, 2.05) is 6.08 Å². The zero-order valence-corrected chi connectivity index (χ0v) is 2.68. The van der Waals surface area contributed by atoms with Crippen molar-refractivity contribution in [1.29, 1.82) is 0 Å².